The third kappa shape index (κ3) is 5.66. The van der Waals surface area contributed by atoms with E-state index in [1.54, 1.807) is 0 Å². The van der Waals surface area contributed by atoms with Crippen LogP contribution in [0.2, 0.25) is 0 Å². The molecule has 0 spiro atoms. The largest absolute Gasteiger partial charge is 0.326 e. The number of benzene rings is 8. The summed E-state index contributed by atoms with van der Waals surface area (Å²) < 4.78 is 0. The molecule has 48 heavy (non-hydrogen) atoms. The van der Waals surface area contributed by atoms with Crippen LogP contribution in [-0.2, 0) is 6.54 Å². The van der Waals surface area contributed by atoms with E-state index >= 15 is 0 Å². The van der Waals surface area contributed by atoms with Crippen LogP contribution in [0.4, 0.5) is 0 Å². The first-order chi connectivity index (χ1) is 23.8. The average Bonchev–Trinajstić information content (AvgIpc) is 3.16. The fourth-order valence-corrected chi connectivity index (χ4v) is 12.0. The number of hydrogen-bond acceptors (Lipinski definition) is 1. The average molecular weight is 652 g/mol. The highest BCUT2D eigenvalue weighted by atomic mass is 31.1. The summed E-state index contributed by atoms with van der Waals surface area (Å²) in [5, 5.41) is 13.0. The lowest BCUT2D eigenvalue weighted by molar-refractivity contribution is 1.09. The second-order valence-corrected chi connectivity index (χ2v) is 16.2. The Morgan fingerprint density at radius 3 is 1.29 bits per heavy atom. The van der Waals surface area contributed by atoms with Gasteiger partial charge >= 0.3 is 0 Å². The lowest BCUT2D eigenvalue weighted by Crippen LogP contribution is -2.28. The lowest BCUT2D eigenvalue weighted by Gasteiger charge is -2.30. The van der Waals surface area contributed by atoms with Crippen molar-refractivity contribution >= 4 is 69.2 Å². The van der Waals surface area contributed by atoms with Gasteiger partial charge in [-0.25, -0.2) is 0 Å². The number of hydrogen-bond donors (Lipinski definition) is 1. The van der Waals surface area contributed by atoms with Gasteiger partial charge < -0.3 is 5.73 Å². The fraction of sp³-hybridized carbons (Fsp3) is 0.0222. The van der Waals surface area contributed by atoms with Crippen molar-refractivity contribution in [2.24, 2.45) is 5.73 Å². The molecule has 8 aromatic carbocycles. The molecular weight excluding hydrogens is 616 g/mol. The number of rotatable bonds is 8. The topological polar surface area (TPSA) is 26.0 Å². The summed E-state index contributed by atoms with van der Waals surface area (Å²) in [4.78, 5) is 0. The molecule has 0 amide bonds. The summed E-state index contributed by atoms with van der Waals surface area (Å²) >= 11 is 0. The molecule has 0 aromatic heterocycles. The van der Waals surface area contributed by atoms with Gasteiger partial charge in [-0.1, -0.05) is 182 Å². The van der Waals surface area contributed by atoms with Gasteiger partial charge in [0.05, 0.1) is 0 Å². The van der Waals surface area contributed by atoms with Gasteiger partial charge in [-0.2, -0.15) is 0 Å². The number of fused-ring (bicyclic) bond motifs is 2. The van der Waals surface area contributed by atoms with Crippen LogP contribution >= 0.6 is 15.8 Å². The second-order valence-electron chi connectivity index (χ2n) is 11.9. The highest BCUT2D eigenvalue weighted by molar-refractivity contribution is 7.81. The molecule has 0 bridgehead atoms. The predicted molar refractivity (Wildman–Crippen MR) is 212 cm³/mol. The van der Waals surface area contributed by atoms with Crippen LogP contribution in [0.3, 0.4) is 0 Å². The first-order valence-electron chi connectivity index (χ1n) is 16.4. The van der Waals surface area contributed by atoms with E-state index in [0.717, 1.165) is 0 Å². The molecule has 1 nitrogen and oxygen atoms in total. The van der Waals surface area contributed by atoms with Gasteiger partial charge in [0.1, 0.15) is 0 Å². The van der Waals surface area contributed by atoms with E-state index in [4.69, 9.17) is 5.73 Å². The van der Waals surface area contributed by atoms with Crippen LogP contribution in [-0.4, -0.2) is 0 Å². The molecule has 0 aliphatic heterocycles. The highest BCUT2D eigenvalue weighted by Gasteiger charge is 2.29. The van der Waals surface area contributed by atoms with E-state index in [-0.39, 0.29) is 0 Å². The van der Waals surface area contributed by atoms with Crippen molar-refractivity contribution in [1.29, 1.82) is 0 Å². The van der Waals surface area contributed by atoms with E-state index in [1.165, 1.54) is 70.1 Å². The molecule has 2 N–H and O–H groups in total. The summed E-state index contributed by atoms with van der Waals surface area (Å²) in [6, 6.07) is 69.1. The minimum absolute atomic E-state index is 0.456. The van der Waals surface area contributed by atoms with Crippen LogP contribution < -0.4 is 37.6 Å². The molecule has 0 aliphatic carbocycles. The smallest absolute Gasteiger partial charge is 0.0185 e. The van der Waals surface area contributed by atoms with Crippen molar-refractivity contribution in [3.8, 4) is 11.1 Å². The molecule has 230 valence electrons. The molecule has 0 radical (unpaired) electrons. The maximum Gasteiger partial charge on any atom is 0.0185 e. The fourth-order valence-electron chi connectivity index (χ4n) is 6.91. The Kier molecular flexibility index (Phi) is 8.67. The Hall–Kier alpha value is -4.90. The van der Waals surface area contributed by atoms with Gasteiger partial charge in [0.15, 0.2) is 0 Å². The zero-order chi connectivity index (χ0) is 32.3. The van der Waals surface area contributed by atoms with Crippen LogP contribution in [0, 0.1) is 0 Å². The van der Waals surface area contributed by atoms with Gasteiger partial charge in [0, 0.05) is 6.54 Å². The minimum atomic E-state index is -0.959. The maximum absolute atomic E-state index is 6.79. The molecule has 0 heterocycles. The predicted octanol–water partition coefficient (Wildman–Crippen LogP) is 8.64. The Morgan fingerprint density at radius 2 is 0.792 bits per heavy atom. The molecule has 0 saturated carbocycles. The van der Waals surface area contributed by atoms with E-state index in [9.17, 15) is 0 Å². The van der Waals surface area contributed by atoms with Crippen molar-refractivity contribution in [3.63, 3.8) is 0 Å². The van der Waals surface area contributed by atoms with Crippen molar-refractivity contribution in [3.05, 3.63) is 194 Å². The quantitative estimate of drug-likeness (QED) is 0.164. The summed E-state index contributed by atoms with van der Waals surface area (Å²) in [5.41, 5.74) is 10.6. The van der Waals surface area contributed by atoms with Crippen LogP contribution in [0.5, 0.6) is 0 Å². The van der Waals surface area contributed by atoms with E-state index in [2.05, 4.69) is 188 Å². The molecule has 0 fully saturated rings. The lowest BCUT2D eigenvalue weighted by atomic mass is 9.92. The normalized spacial score (nSPS) is 11.5. The minimum Gasteiger partial charge on any atom is -0.326 e. The Morgan fingerprint density at radius 1 is 0.375 bits per heavy atom. The van der Waals surface area contributed by atoms with Gasteiger partial charge in [0.25, 0.3) is 0 Å². The summed E-state index contributed by atoms with van der Waals surface area (Å²) in [6.45, 7) is 0.456. The monoisotopic (exact) mass is 651 g/mol. The summed E-state index contributed by atoms with van der Waals surface area (Å²) in [5.74, 6) is 0. The Balaban J connectivity index is 1.57. The molecular formula is C45H35NP2. The van der Waals surface area contributed by atoms with Gasteiger partial charge in [-0.15, -0.1) is 0 Å². The summed E-state index contributed by atoms with van der Waals surface area (Å²) in [6.07, 6.45) is 0. The van der Waals surface area contributed by atoms with Crippen LogP contribution in [0.1, 0.15) is 5.56 Å². The zero-order valence-corrected chi connectivity index (χ0v) is 28.4. The van der Waals surface area contributed by atoms with Gasteiger partial charge in [-0.3, -0.25) is 0 Å². The van der Waals surface area contributed by atoms with Crippen LogP contribution in [0.15, 0.2) is 188 Å². The van der Waals surface area contributed by atoms with Crippen molar-refractivity contribution in [1.82, 2.24) is 0 Å². The molecule has 0 atom stereocenters. The first-order valence-corrected chi connectivity index (χ1v) is 19.1. The SMILES string of the molecule is NCc1cc2ccccc2c(-c2c(P(c3ccccc3)c3ccccc3)ccc3ccccc23)c1P(c1ccccc1)c1ccccc1. The van der Waals surface area contributed by atoms with Gasteiger partial charge in [-0.05, 0) is 92.0 Å². The molecule has 0 aliphatic rings. The maximum atomic E-state index is 6.79. The molecule has 8 aromatic rings. The van der Waals surface area contributed by atoms with Crippen molar-refractivity contribution in [2.45, 2.75) is 6.54 Å². The zero-order valence-electron chi connectivity index (χ0n) is 26.6. The molecule has 0 unspecified atom stereocenters. The van der Waals surface area contributed by atoms with Crippen molar-refractivity contribution < 1.29 is 0 Å². The highest BCUT2D eigenvalue weighted by Crippen LogP contribution is 2.46. The van der Waals surface area contributed by atoms with Crippen molar-refractivity contribution in [2.75, 3.05) is 0 Å². The second kappa shape index (κ2) is 13.7. The van der Waals surface area contributed by atoms with E-state index in [0.29, 0.717) is 6.54 Å². The Bertz CT molecular complexity index is 2240. The van der Waals surface area contributed by atoms with Crippen LogP contribution in [0.25, 0.3) is 32.7 Å². The number of nitrogens with two attached hydrogens (primary N) is 1. The first kappa shape index (κ1) is 30.4. The van der Waals surface area contributed by atoms with E-state index < -0.39 is 15.8 Å². The molecule has 0 saturated heterocycles. The third-order valence-electron chi connectivity index (χ3n) is 9.00. The molecule has 8 rings (SSSR count). The Labute approximate surface area is 285 Å². The third-order valence-corrected chi connectivity index (χ3v) is 14.1. The van der Waals surface area contributed by atoms with E-state index in [1.807, 2.05) is 0 Å². The summed E-state index contributed by atoms with van der Waals surface area (Å²) in [7, 11) is -1.86. The standard InChI is InChI=1S/C45H35NP2/c46-32-35-31-34-18-14-16-28-41(34)44(45(35)48(38-23-9-3-10-24-38)39-25-11-4-12-26-39)43-40-27-15-13-17-33(40)29-30-42(43)47(36-19-5-1-6-20-36)37-21-7-2-8-22-37/h1-31H,32,46H2. The molecule has 3 heteroatoms. The van der Waals surface area contributed by atoms with Gasteiger partial charge in [0.2, 0.25) is 0 Å².